The summed E-state index contributed by atoms with van der Waals surface area (Å²) in [7, 11) is 1.57. The van der Waals surface area contributed by atoms with Crippen LogP contribution in [0, 0.1) is 5.92 Å². The van der Waals surface area contributed by atoms with E-state index in [0.29, 0.717) is 45.8 Å². The Kier molecular flexibility index (Phi) is 14.9. The first-order chi connectivity index (χ1) is 11.1. The quantitative estimate of drug-likeness (QED) is 0.415. The van der Waals surface area contributed by atoms with E-state index in [0.717, 1.165) is 19.4 Å². The van der Waals surface area contributed by atoms with Gasteiger partial charge in [-0.05, 0) is 25.7 Å². The molecule has 0 aliphatic carbocycles. The fourth-order valence-corrected chi connectivity index (χ4v) is 2.02. The molecule has 23 heavy (non-hydrogen) atoms. The number of carboxylic acid groups (broad SMARTS) is 1. The summed E-state index contributed by atoms with van der Waals surface area (Å²) in [6.45, 7) is 5.33. The summed E-state index contributed by atoms with van der Waals surface area (Å²) in [6.07, 6.45) is 2.66. The molecular formula is C16H31NO6. The van der Waals surface area contributed by atoms with Crippen LogP contribution in [-0.2, 0) is 23.8 Å². The van der Waals surface area contributed by atoms with E-state index in [9.17, 15) is 9.59 Å². The first-order valence-electron chi connectivity index (χ1n) is 8.25. The Morgan fingerprint density at radius 2 is 1.74 bits per heavy atom. The zero-order valence-corrected chi connectivity index (χ0v) is 14.3. The van der Waals surface area contributed by atoms with Crippen LogP contribution >= 0.6 is 0 Å². The third-order valence-corrected chi connectivity index (χ3v) is 3.24. The van der Waals surface area contributed by atoms with Crippen LogP contribution in [0.4, 0.5) is 0 Å². The van der Waals surface area contributed by atoms with Crippen molar-refractivity contribution in [3.05, 3.63) is 0 Å². The number of carbonyl (C=O) groups is 2. The van der Waals surface area contributed by atoms with E-state index in [1.165, 1.54) is 0 Å². The Morgan fingerprint density at radius 1 is 1.04 bits per heavy atom. The van der Waals surface area contributed by atoms with Crippen molar-refractivity contribution >= 4 is 11.9 Å². The number of hydrogen-bond acceptors (Lipinski definition) is 5. The van der Waals surface area contributed by atoms with E-state index in [2.05, 4.69) is 12.2 Å². The highest BCUT2D eigenvalue weighted by atomic mass is 16.5. The molecule has 0 rings (SSSR count). The minimum atomic E-state index is -0.885. The van der Waals surface area contributed by atoms with Crippen LogP contribution in [0.25, 0.3) is 0 Å². The van der Waals surface area contributed by atoms with Crippen LogP contribution in [0.1, 0.15) is 39.0 Å². The van der Waals surface area contributed by atoms with E-state index < -0.39 is 5.97 Å². The van der Waals surface area contributed by atoms with Crippen LogP contribution in [0.5, 0.6) is 0 Å². The molecule has 1 amide bonds. The first-order valence-corrected chi connectivity index (χ1v) is 8.25. The second-order valence-corrected chi connectivity index (χ2v) is 5.28. The van der Waals surface area contributed by atoms with Gasteiger partial charge in [0.1, 0.15) is 0 Å². The average molecular weight is 333 g/mol. The summed E-state index contributed by atoms with van der Waals surface area (Å²) in [5.74, 6) is -1.30. The maximum atomic E-state index is 12.0. The van der Waals surface area contributed by atoms with Gasteiger partial charge < -0.3 is 24.6 Å². The van der Waals surface area contributed by atoms with Gasteiger partial charge in [0.15, 0.2) is 0 Å². The Labute approximate surface area is 138 Å². The van der Waals surface area contributed by atoms with Gasteiger partial charge in [-0.1, -0.05) is 6.92 Å². The van der Waals surface area contributed by atoms with Gasteiger partial charge >= 0.3 is 5.97 Å². The van der Waals surface area contributed by atoms with Crippen molar-refractivity contribution in [3.63, 3.8) is 0 Å². The standard InChI is InChI=1S/C16H31NO6/c1-3-9-22-12-13-23-10-4-5-14(6-7-15(18)19)16(20)17-8-11-21-2/h14H,3-13H2,1-2H3,(H,17,20)(H,18,19). The number of hydrogen-bond donors (Lipinski definition) is 2. The van der Waals surface area contributed by atoms with Crippen LogP contribution < -0.4 is 5.32 Å². The number of carboxylic acids is 1. The zero-order valence-electron chi connectivity index (χ0n) is 14.3. The number of carbonyl (C=O) groups excluding carboxylic acids is 1. The van der Waals surface area contributed by atoms with Crippen LogP contribution in [-0.4, -0.2) is 63.7 Å². The maximum absolute atomic E-state index is 12.0. The SMILES string of the molecule is CCCOCCOCCCC(CCC(=O)O)C(=O)NCCOC. The normalized spacial score (nSPS) is 12.1. The van der Waals surface area contributed by atoms with Gasteiger partial charge in [0.2, 0.25) is 5.91 Å². The fraction of sp³-hybridized carbons (Fsp3) is 0.875. The lowest BCUT2D eigenvalue weighted by Crippen LogP contribution is -2.33. The van der Waals surface area contributed by atoms with Gasteiger partial charge in [0.25, 0.3) is 0 Å². The van der Waals surface area contributed by atoms with E-state index in [1.807, 2.05) is 0 Å². The molecule has 7 heteroatoms. The molecule has 0 aliphatic rings. The molecule has 7 nitrogen and oxygen atoms in total. The van der Waals surface area contributed by atoms with Gasteiger partial charge in [0, 0.05) is 39.2 Å². The van der Waals surface area contributed by atoms with Crippen molar-refractivity contribution in [1.82, 2.24) is 5.32 Å². The zero-order chi connectivity index (χ0) is 17.3. The van der Waals surface area contributed by atoms with Crippen molar-refractivity contribution in [3.8, 4) is 0 Å². The molecule has 0 aliphatic heterocycles. The molecule has 0 saturated carbocycles. The Hall–Kier alpha value is -1.18. The first kappa shape index (κ1) is 21.8. The average Bonchev–Trinajstić information content (AvgIpc) is 2.52. The van der Waals surface area contributed by atoms with E-state index >= 15 is 0 Å². The molecule has 0 aromatic heterocycles. The maximum Gasteiger partial charge on any atom is 0.303 e. The summed E-state index contributed by atoms with van der Waals surface area (Å²) in [6, 6.07) is 0. The summed E-state index contributed by atoms with van der Waals surface area (Å²) in [5.41, 5.74) is 0. The monoisotopic (exact) mass is 333 g/mol. The molecule has 0 fully saturated rings. The molecule has 0 aromatic rings. The topological polar surface area (TPSA) is 94.1 Å². The Morgan fingerprint density at radius 3 is 2.35 bits per heavy atom. The second-order valence-electron chi connectivity index (χ2n) is 5.28. The van der Waals surface area contributed by atoms with Gasteiger partial charge in [-0.15, -0.1) is 0 Å². The van der Waals surface area contributed by atoms with E-state index in [4.69, 9.17) is 19.3 Å². The smallest absolute Gasteiger partial charge is 0.303 e. The second kappa shape index (κ2) is 15.7. The highest BCUT2D eigenvalue weighted by Crippen LogP contribution is 2.14. The lowest BCUT2D eigenvalue weighted by molar-refractivity contribution is -0.137. The Balaban J connectivity index is 3.91. The van der Waals surface area contributed by atoms with Crippen molar-refractivity contribution in [2.24, 2.45) is 5.92 Å². The molecule has 0 heterocycles. The van der Waals surface area contributed by atoms with Crippen LogP contribution in [0.3, 0.4) is 0 Å². The number of aliphatic carboxylic acids is 1. The summed E-state index contributed by atoms with van der Waals surface area (Å²) in [5, 5.41) is 11.5. The molecule has 0 radical (unpaired) electrons. The molecule has 0 bridgehead atoms. The van der Waals surface area contributed by atoms with Crippen molar-refractivity contribution in [2.45, 2.75) is 39.0 Å². The molecule has 0 spiro atoms. The fourth-order valence-electron chi connectivity index (χ4n) is 2.02. The van der Waals surface area contributed by atoms with Gasteiger partial charge in [-0.2, -0.15) is 0 Å². The Bertz CT molecular complexity index is 311. The third kappa shape index (κ3) is 14.2. The number of methoxy groups -OCH3 is 1. The molecule has 0 saturated heterocycles. The number of ether oxygens (including phenoxy) is 3. The predicted octanol–water partition coefficient (Wildman–Crippen LogP) is 1.45. The summed E-state index contributed by atoms with van der Waals surface area (Å²) < 4.78 is 15.6. The number of rotatable bonds is 16. The van der Waals surface area contributed by atoms with Crippen LogP contribution in [0.2, 0.25) is 0 Å². The minimum Gasteiger partial charge on any atom is -0.481 e. The predicted molar refractivity (Wildman–Crippen MR) is 86.4 cm³/mol. The summed E-state index contributed by atoms with van der Waals surface area (Å²) >= 11 is 0. The van der Waals surface area contributed by atoms with Gasteiger partial charge in [0.05, 0.1) is 19.8 Å². The molecule has 136 valence electrons. The van der Waals surface area contributed by atoms with Crippen LogP contribution in [0.15, 0.2) is 0 Å². The van der Waals surface area contributed by atoms with Gasteiger partial charge in [-0.3, -0.25) is 9.59 Å². The number of amides is 1. The molecule has 0 aromatic carbocycles. The molecule has 2 N–H and O–H groups in total. The lowest BCUT2D eigenvalue weighted by Gasteiger charge is -2.16. The highest BCUT2D eigenvalue weighted by molar-refractivity contribution is 5.79. The number of nitrogens with one attached hydrogen (secondary N) is 1. The van der Waals surface area contributed by atoms with E-state index in [1.54, 1.807) is 7.11 Å². The van der Waals surface area contributed by atoms with Gasteiger partial charge in [-0.25, -0.2) is 0 Å². The molecular weight excluding hydrogens is 302 g/mol. The van der Waals surface area contributed by atoms with E-state index in [-0.39, 0.29) is 18.2 Å². The largest absolute Gasteiger partial charge is 0.481 e. The summed E-state index contributed by atoms with van der Waals surface area (Å²) in [4.78, 5) is 22.7. The minimum absolute atomic E-state index is 0.00587. The van der Waals surface area contributed by atoms with Crippen molar-refractivity contribution < 1.29 is 28.9 Å². The van der Waals surface area contributed by atoms with Crippen molar-refractivity contribution in [1.29, 1.82) is 0 Å². The highest BCUT2D eigenvalue weighted by Gasteiger charge is 2.18. The molecule has 1 unspecified atom stereocenters. The lowest BCUT2D eigenvalue weighted by atomic mass is 9.96. The van der Waals surface area contributed by atoms with Crippen molar-refractivity contribution in [2.75, 3.05) is 46.7 Å². The third-order valence-electron chi connectivity index (χ3n) is 3.24. The molecule has 1 atom stereocenters.